The number of anilines is 1. The van der Waals surface area contributed by atoms with E-state index >= 15 is 0 Å². The lowest BCUT2D eigenvalue weighted by atomic mass is 10.1. The van der Waals surface area contributed by atoms with E-state index in [0.29, 0.717) is 24.7 Å². The Morgan fingerprint density at radius 1 is 0.816 bits per heavy atom. The average Bonchev–Trinajstić information content (AvgIpc) is 2.88. The van der Waals surface area contributed by atoms with Gasteiger partial charge in [0.1, 0.15) is 11.5 Å². The number of nitrogens with zero attached hydrogens (tertiary/aromatic N) is 2. The number of nitrogens with two attached hydrogens (primary N) is 1. The number of benzene rings is 4. The van der Waals surface area contributed by atoms with Gasteiger partial charge >= 0.3 is 6.18 Å². The van der Waals surface area contributed by atoms with E-state index in [1.165, 1.54) is 23.9 Å². The van der Waals surface area contributed by atoms with Crippen LogP contribution in [0.25, 0.3) is 0 Å². The van der Waals surface area contributed by atoms with Crippen molar-refractivity contribution in [3.05, 3.63) is 114 Å². The third-order valence-corrected chi connectivity index (χ3v) is 6.72. The second-order valence-corrected chi connectivity index (χ2v) is 9.63. The predicted molar refractivity (Wildman–Crippen MR) is 146 cm³/mol. The van der Waals surface area contributed by atoms with Gasteiger partial charge in [0.05, 0.1) is 11.3 Å². The minimum absolute atomic E-state index is 0.123. The van der Waals surface area contributed by atoms with Crippen LogP contribution in [0.3, 0.4) is 0 Å². The molecule has 0 aliphatic rings. The van der Waals surface area contributed by atoms with E-state index in [4.69, 9.17) is 5.73 Å². The molecule has 5 nitrogen and oxygen atoms in total. The van der Waals surface area contributed by atoms with Crippen molar-refractivity contribution in [3.8, 4) is 11.5 Å². The zero-order valence-corrected chi connectivity index (χ0v) is 21.1. The van der Waals surface area contributed by atoms with Crippen molar-refractivity contribution in [2.75, 3.05) is 12.3 Å². The van der Waals surface area contributed by atoms with E-state index in [0.717, 1.165) is 22.1 Å². The number of hydrogen-bond acceptors (Lipinski definition) is 5. The van der Waals surface area contributed by atoms with Gasteiger partial charge in [0.2, 0.25) is 0 Å². The van der Waals surface area contributed by atoms with Gasteiger partial charge in [-0.25, -0.2) is 4.99 Å². The number of alkyl halides is 3. The zero-order chi connectivity index (χ0) is 27.1. The number of aliphatic imine (C=N–C) groups is 1. The average molecular weight is 538 g/mol. The number of halogens is 3. The maximum absolute atomic E-state index is 13.5. The van der Waals surface area contributed by atoms with Crippen molar-refractivity contribution < 1.29 is 23.4 Å². The van der Waals surface area contributed by atoms with Gasteiger partial charge in [-0.05, 0) is 72.1 Å². The van der Waals surface area contributed by atoms with Crippen LogP contribution < -0.4 is 5.73 Å². The number of phenols is 2. The molecular formula is C29H26F3N3O2S. The standard InChI is InChI=1S/C29H26F3N3O2S/c30-29(31,32)26-18-22(11-14-27(26)33)34-28(38-25-7-2-1-3-8-25)35(19-21-9-12-23(36)13-10-21)16-15-20-5-4-6-24(37)17-20/h1-14,17-18,36-37H,15-16,19,33H2. The Hall–Kier alpha value is -4.11. The topological polar surface area (TPSA) is 82.1 Å². The third-order valence-electron chi connectivity index (χ3n) is 5.68. The highest BCUT2D eigenvalue weighted by atomic mass is 32.2. The molecule has 4 rings (SSSR count). The van der Waals surface area contributed by atoms with Crippen LogP contribution in [0, 0.1) is 0 Å². The van der Waals surface area contributed by atoms with Gasteiger partial charge in [-0.2, -0.15) is 13.2 Å². The Kier molecular flexibility index (Phi) is 8.48. The maximum atomic E-state index is 13.5. The SMILES string of the molecule is Nc1ccc(N=C(Sc2ccccc2)N(CCc2cccc(O)c2)Cc2ccc(O)cc2)cc1C(F)(F)F. The number of phenolic OH excluding ortho intramolecular Hbond substituents is 2. The summed E-state index contributed by atoms with van der Waals surface area (Å²) < 4.78 is 40.6. The number of thioether (sulfide) groups is 1. The fraction of sp³-hybridized carbons (Fsp3) is 0.138. The van der Waals surface area contributed by atoms with Crippen LogP contribution in [0.15, 0.2) is 107 Å². The minimum atomic E-state index is -4.61. The summed E-state index contributed by atoms with van der Waals surface area (Å²) in [6.07, 6.45) is -4.06. The van der Waals surface area contributed by atoms with Gasteiger partial charge in [0.25, 0.3) is 0 Å². The highest BCUT2D eigenvalue weighted by Crippen LogP contribution is 2.36. The van der Waals surface area contributed by atoms with E-state index in [9.17, 15) is 23.4 Å². The number of aromatic hydroxyl groups is 2. The van der Waals surface area contributed by atoms with Crippen LogP contribution in [0.5, 0.6) is 11.5 Å². The lowest BCUT2D eigenvalue weighted by molar-refractivity contribution is -0.136. The molecule has 9 heteroatoms. The van der Waals surface area contributed by atoms with E-state index in [2.05, 4.69) is 4.99 Å². The van der Waals surface area contributed by atoms with Crippen molar-refractivity contribution in [3.63, 3.8) is 0 Å². The van der Waals surface area contributed by atoms with Gasteiger partial charge in [-0.3, -0.25) is 0 Å². The fourth-order valence-corrected chi connectivity index (χ4v) is 4.70. The Morgan fingerprint density at radius 2 is 1.55 bits per heavy atom. The molecule has 0 amide bonds. The molecule has 0 saturated heterocycles. The van der Waals surface area contributed by atoms with Gasteiger partial charge in [-0.1, -0.05) is 54.2 Å². The number of amidine groups is 1. The second-order valence-electron chi connectivity index (χ2n) is 8.59. The Morgan fingerprint density at radius 3 is 2.24 bits per heavy atom. The van der Waals surface area contributed by atoms with Crippen LogP contribution in [-0.4, -0.2) is 26.8 Å². The van der Waals surface area contributed by atoms with Crippen molar-refractivity contribution in [2.24, 2.45) is 4.99 Å². The molecule has 0 aromatic heterocycles. The van der Waals surface area contributed by atoms with Crippen LogP contribution >= 0.6 is 11.8 Å². The van der Waals surface area contributed by atoms with Gasteiger partial charge < -0.3 is 20.8 Å². The summed E-state index contributed by atoms with van der Waals surface area (Å²) in [5.41, 5.74) is 6.21. The van der Waals surface area contributed by atoms with Gasteiger partial charge in [-0.15, -0.1) is 0 Å². The largest absolute Gasteiger partial charge is 0.508 e. The molecule has 4 N–H and O–H groups in total. The molecule has 0 aliphatic carbocycles. The zero-order valence-electron chi connectivity index (χ0n) is 20.3. The van der Waals surface area contributed by atoms with Gasteiger partial charge in [0.15, 0.2) is 5.17 Å². The van der Waals surface area contributed by atoms with E-state index < -0.39 is 11.7 Å². The predicted octanol–water partition coefficient (Wildman–Crippen LogP) is 7.22. The molecule has 4 aromatic rings. The lowest BCUT2D eigenvalue weighted by Crippen LogP contribution is -2.30. The fourth-order valence-electron chi connectivity index (χ4n) is 3.76. The summed E-state index contributed by atoms with van der Waals surface area (Å²) in [7, 11) is 0. The summed E-state index contributed by atoms with van der Waals surface area (Å²) >= 11 is 1.33. The summed E-state index contributed by atoms with van der Waals surface area (Å²) in [6.45, 7) is 0.850. The van der Waals surface area contributed by atoms with Crippen LogP contribution in [0.1, 0.15) is 16.7 Å². The number of nitrogen functional groups attached to an aromatic ring is 1. The van der Waals surface area contributed by atoms with Gasteiger partial charge in [0, 0.05) is 23.7 Å². The summed E-state index contributed by atoms with van der Waals surface area (Å²) in [5.74, 6) is 0.288. The summed E-state index contributed by atoms with van der Waals surface area (Å²) in [6, 6.07) is 26.7. The van der Waals surface area contributed by atoms with Crippen LogP contribution in [0.4, 0.5) is 24.5 Å². The van der Waals surface area contributed by atoms with Crippen LogP contribution in [0.2, 0.25) is 0 Å². The molecule has 0 aliphatic heterocycles. The maximum Gasteiger partial charge on any atom is 0.418 e. The molecule has 0 saturated carbocycles. The van der Waals surface area contributed by atoms with E-state index in [-0.39, 0.29) is 22.9 Å². The summed E-state index contributed by atoms with van der Waals surface area (Å²) in [4.78, 5) is 7.50. The Bertz CT molecular complexity index is 1390. The van der Waals surface area contributed by atoms with E-state index in [1.54, 1.807) is 42.5 Å². The normalized spacial score (nSPS) is 11.9. The van der Waals surface area contributed by atoms with E-state index in [1.807, 2.05) is 41.3 Å². The monoisotopic (exact) mass is 537 g/mol. The first-order valence-corrected chi connectivity index (χ1v) is 12.6. The smallest absolute Gasteiger partial charge is 0.418 e. The molecule has 0 spiro atoms. The minimum Gasteiger partial charge on any atom is -0.508 e. The van der Waals surface area contributed by atoms with Crippen molar-refractivity contribution in [1.82, 2.24) is 4.90 Å². The molecule has 0 atom stereocenters. The summed E-state index contributed by atoms with van der Waals surface area (Å²) in [5, 5.41) is 20.1. The molecular weight excluding hydrogens is 511 g/mol. The second kappa shape index (κ2) is 12.0. The Labute approximate surface area is 223 Å². The van der Waals surface area contributed by atoms with Crippen molar-refractivity contribution in [2.45, 2.75) is 24.0 Å². The highest BCUT2D eigenvalue weighted by molar-refractivity contribution is 8.13. The molecule has 4 aromatic carbocycles. The lowest BCUT2D eigenvalue weighted by Gasteiger charge is -2.26. The molecule has 38 heavy (non-hydrogen) atoms. The first-order chi connectivity index (χ1) is 18.2. The highest BCUT2D eigenvalue weighted by Gasteiger charge is 2.33. The number of hydrogen-bond donors (Lipinski definition) is 3. The quantitative estimate of drug-likeness (QED) is 0.100. The molecule has 0 heterocycles. The Balaban J connectivity index is 1.75. The van der Waals surface area contributed by atoms with Crippen LogP contribution in [-0.2, 0) is 19.1 Å². The first-order valence-electron chi connectivity index (χ1n) is 11.8. The van der Waals surface area contributed by atoms with Crippen molar-refractivity contribution in [1.29, 1.82) is 0 Å². The van der Waals surface area contributed by atoms with Crippen molar-refractivity contribution >= 4 is 28.3 Å². The molecule has 0 unspecified atom stereocenters. The first kappa shape index (κ1) is 26.9. The molecule has 0 bridgehead atoms. The third kappa shape index (κ3) is 7.45. The number of rotatable bonds is 7. The molecule has 196 valence electrons. The molecule has 0 radical (unpaired) electrons. The molecule has 0 fully saturated rings.